The molecule has 1 aromatic rings. The van der Waals surface area contributed by atoms with Crippen molar-refractivity contribution in [3.63, 3.8) is 0 Å². The Labute approximate surface area is 205 Å². The Balaban J connectivity index is 0.00000187. The minimum absolute atomic E-state index is 0.141. The molecule has 182 valence electrons. The number of carbonyl (C=O) groups excluding carboxylic acids is 1. The molecule has 0 spiro atoms. The molecule has 0 saturated carbocycles. The van der Waals surface area contributed by atoms with Gasteiger partial charge in [0.15, 0.2) is 0 Å². The summed E-state index contributed by atoms with van der Waals surface area (Å²) in [5, 5.41) is 0.737. The molecule has 3 rings (SSSR count). The van der Waals surface area contributed by atoms with E-state index >= 15 is 0 Å². The Morgan fingerprint density at radius 2 is 1.85 bits per heavy atom. The molecule has 33 heavy (non-hydrogen) atoms. The quantitative estimate of drug-likeness (QED) is 0.434. The predicted octanol–water partition coefficient (Wildman–Crippen LogP) is 7.19. The van der Waals surface area contributed by atoms with Crippen molar-refractivity contribution in [2.75, 3.05) is 26.7 Å². The molecule has 0 unspecified atom stereocenters. The molecule has 2 aliphatic rings. The smallest absolute Gasteiger partial charge is 0.311 e. The maximum atomic E-state index is 12.0. The Morgan fingerprint density at radius 3 is 2.42 bits per heavy atom. The maximum Gasteiger partial charge on any atom is 0.311 e. The molecule has 4 nitrogen and oxygen atoms in total. The van der Waals surface area contributed by atoms with Gasteiger partial charge in [-0.25, -0.2) is 0 Å². The molecule has 0 N–H and O–H groups in total. The molecule has 0 aliphatic carbocycles. The predicted molar refractivity (Wildman–Crippen MR) is 138 cm³/mol. The van der Waals surface area contributed by atoms with E-state index in [-0.39, 0.29) is 5.97 Å². The Kier molecular flexibility index (Phi) is 10.2. The van der Waals surface area contributed by atoms with Crippen molar-refractivity contribution in [2.45, 2.75) is 67.4 Å². The number of ether oxygens (including phenoxy) is 2. The fourth-order valence-corrected chi connectivity index (χ4v) is 4.64. The largest absolute Gasteiger partial charge is 0.489 e. The summed E-state index contributed by atoms with van der Waals surface area (Å²) in [5.74, 6) is 0.789. The van der Waals surface area contributed by atoms with Crippen LogP contribution >= 0.6 is 11.6 Å². The average molecular weight is 474 g/mol. The first kappa shape index (κ1) is 27.2. The first-order chi connectivity index (χ1) is 15.8. The molecule has 0 amide bonds. The number of carbonyl (C=O) groups is 1. The van der Waals surface area contributed by atoms with Crippen LogP contribution < -0.4 is 0 Å². The van der Waals surface area contributed by atoms with Crippen LogP contribution in [0, 0.1) is 5.41 Å². The number of likely N-dealkylation sites (tertiary alicyclic amines) is 1. The van der Waals surface area contributed by atoms with Gasteiger partial charge < -0.3 is 14.4 Å². The van der Waals surface area contributed by atoms with Crippen molar-refractivity contribution in [3.05, 3.63) is 63.4 Å². The summed E-state index contributed by atoms with van der Waals surface area (Å²) < 4.78 is 11.1. The zero-order chi connectivity index (χ0) is 24.6. The van der Waals surface area contributed by atoms with E-state index in [0.29, 0.717) is 6.61 Å². The van der Waals surface area contributed by atoms with Crippen LogP contribution in [0.25, 0.3) is 5.57 Å². The molecule has 0 atom stereocenters. The third-order valence-electron chi connectivity index (χ3n) is 6.41. The van der Waals surface area contributed by atoms with E-state index in [1.165, 1.54) is 29.4 Å². The van der Waals surface area contributed by atoms with Crippen molar-refractivity contribution in [2.24, 2.45) is 5.41 Å². The van der Waals surface area contributed by atoms with Crippen LogP contribution in [0.15, 0.2) is 47.3 Å². The molecule has 1 aromatic carbocycles. The highest BCUT2D eigenvalue weighted by molar-refractivity contribution is 6.30. The number of allylic oxidation sites excluding steroid dienone is 3. The van der Waals surface area contributed by atoms with Crippen LogP contribution in [-0.4, -0.2) is 37.6 Å². The van der Waals surface area contributed by atoms with Gasteiger partial charge in [-0.05, 0) is 88.4 Å². The molecular weight excluding hydrogens is 434 g/mol. The second kappa shape index (κ2) is 12.4. The molecule has 5 heteroatoms. The zero-order valence-corrected chi connectivity index (χ0v) is 22.1. The highest BCUT2D eigenvalue weighted by atomic mass is 35.5. The molecule has 0 bridgehead atoms. The summed E-state index contributed by atoms with van der Waals surface area (Å²) in [6, 6.07) is 6.13. The van der Waals surface area contributed by atoms with Gasteiger partial charge in [0.1, 0.15) is 12.4 Å². The van der Waals surface area contributed by atoms with Crippen molar-refractivity contribution in [1.82, 2.24) is 4.90 Å². The van der Waals surface area contributed by atoms with Crippen molar-refractivity contribution >= 4 is 23.1 Å². The van der Waals surface area contributed by atoms with Crippen molar-refractivity contribution < 1.29 is 14.3 Å². The second-order valence-corrected chi connectivity index (χ2v) is 9.33. The lowest BCUT2D eigenvalue weighted by molar-refractivity contribution is -0.151. The van der Waals surface area contributed by atoms with E-state index in [0.717, 1.165) is 55.2 Å². The topological polar surface area (TPSA) is 38.8 Å². The number of methoxy groups -OCH3 is 1. The highest BCUT2D eigenvalue weighted by Gasteiger charge is 2.30. The van der Waals surface area contributed by atoms with E-state index in [4.69, 9.17) is 21.1 Å². The van der Waals surface area contributed by atoms with E-state index in [1.54, 1.807) is 0 Å². The summed E-state index contributed by atoms with van der Waals surface area (Å²) in [5.41, 5.74) is 5.83. The molecule has 2 aliphatic heterocycles. The van der Waals surface area contributed by atoms with Crippen LogP contribution in [0.3, 0.4) is 0 Å². The fourth-order valence-electron chi connectivity index (χ4n) is 4.45. The van der Waals surface area contributed by atoms with Gasteiger partial charge in [0.05, 0.1) is 12.5 Å². The number of rotatable bonds is 4. The highest BCUT2D eigenvalue weighted by Crippen LogP contribution is 2.41. The SMILES string of the molecule is C/C=C1/C(=C2CCN(CCC(C)(C)C(=O)OC)CC2)c2ccc(Cl)cc2CO/C1=C/C.CC. The van der Waals surface area contributed by atoms with Gasteiger partial charge in [0, 0.05) is 23.7 Å². The van der Waals surface area contributed by atoms with Gasteiger partial charge in [0.2, 0.25) is 0 Å². The minimum Gasteiger partial charge on any atom is -0.489 e. The fraction of sp³-hybridized carbons (Fsp3) is 0.536. The minimum atomic E-state index is -0.455. The van der Waals surface area contributed by atoms with Gasteiger partial charge >= 0.3 is 5.97 Å². The molecule has 2 heterocycles. The van der Waals surface area contributed by atoms with Gasteiger partial charge in [-0.3, -0.25) is 4.79 Å². The summed E-state index contributed by atoms with van der Waals surface area (Å²) in [4.78, 5) is 14.4. The number of benzene rings is 1. The van der Waals surface area contributed by atoms with Crippen molar-refractivity contribution in [3.8, 4) is 0 Å². The number of piperidine rings is 1. The Hall–Kier alpha value is -2.04. The van der Waals surface area contributed by atoms with Crippen LogP contribution in [0.1, 0.15) is 71.9 Å². The Bertz CT molecular complexity index is 917. The second-order valence-electron chi connectivity index (χ2n) is 8.89. The van der Waals surface area contributed by atoms with Crippen LogP contribution in [0.4, 0.5) is 0 Å². The maximum absolute atomic E-state index is 12.0. The molecule has 1 saturated heterocycles. The number of fused-ring (bicyclic) bond motifs is 1. The molecule has 1 fully saturated rings. The number of hydrogen-bond acceptors (Lipinski definition) is 4. The summed E-state index contributed by atoms with van der Waals surface area (Å²) >= 11 is 6.29. The average Bonchev–Trinajstić information content (AvgIpc) is 2.99. The van der Waals surface area contributed by atoms with Crippen LogP contribution in [0.2, 0.25) is 5.02 Å². The van der Waals surface area contributed by atoms with Gasteiger partial charge in [-0.2, -0.15) is 0 Å². The summed E-state index contributed by atoms with van der Waals surface area (Å²) in [6.07, 6.45) is 7.01. The van der Waals surface area contributed by atoms with Gasteiger partial charge in [-0.15, -0.1) is 0 Å². The number of nitrogens with zero attached hydrogens (tertiary/aromatic N) is 1. The van der Waals surface area contributed by atoms with Crippen LogP contribution in [0.5, 0.6) is 0 Å². The van der Waals surface area contributed by atoms with E-state index < -0.39 is 5.41 Å². The van der Waals surface area contributed by atoms with E-state index in [9.17, 15) is 4.79 Å². The van der Waals surface area contributed by atoms with E-state index in [1.807, 2.05) is 52.8 Å². The van der Waals surface area contributed by atoms with E-state index in [2.05, 4.69) is 24.0 Å². The lowest BCUT2D eigenvalue weighted by Crippen LogP contribution is -2.36. The Morgan fingerprint density at radius 1 is 1.18 bits per heavy atom. The number of esters is 1. The standard InChI is InChI=1S/C26H34ClNO3.C2H6/c1-6-21-23(7-2)31-17-19-16-20(27)8-9-22(19)24(21)18-10-13-28(14-11-18)15-12-26(3,4)25(29)30-5;1-2/h6-9,16H,10-15,17H2,1-5H3;1-2H3/b21-6+,23-7+;. The third-order valence-corrected chi connectivity index (χ3v) is 6.64. The van der Waals surface area contributed by atoms with Gasteiger partial charge in [0.25, 0.3) is 0 Å². The molecule has 0 radical (unpaired) electrons. The summed E-state index contributed by atoms with van der Waals surface area (Å²) in [6.45, 7) is 15.4. The monoisotopic (exact) mass is 473 g/mol. The van der Waals surface area contributed by atoms with Crippen LogP contribution in [-0.2, 0) is 20.9 Å². The normalized spacial score (nSPS) is 19.4. The molecule has 0 aromatic heterocycles. The summed E-state index contributed by atoms with van der Waals surface area (Å²) in [7, 11) is 1.46. The third kappa shape index (κ3) is 6.51. The molecular formula is C28H40ClNO3. The lowest BCUT2D eigenvalue weighted by atomic mass is 9.85. The van der Waals surface area contributed by atoms with Gasteiger partial charge in [-0.1, -0.05) is 43.2 Å². The van der Waals surface area contributed by atoms with Crippen molar-refractivity contribution in [1.29, 1.82) is 0 Å². The number of hydrogen-bond donors (Lipinski definition) is 0. The lowest BCUT2D eigenvalue weighted by Gasteiger charge is -2.32. The number of halogens is 1. The first-order valence-electron chi connectivity index (χ1n) is 12.1. The first-order valence-corrected chi connectivity index (χ1v) is 12.5. The zero-order valence-electron chi connectivity index (χ0n) is 21.4.